The normalized spacial score (nSPS) is 19.6. The Morgan fingerprint density at radius 3 is 3.05 bits per heavy atom. The van der Waals surface area contributed by atoms with Crippen molar-refractivity contribution in [1.82, 2.24) is 10.3 Å². The maximum Gasteiger partial charge on any atom is 0.129 e. The molecule has 4 nitrogen and oxygen atoms in total. The highest BCUT2D eigenvalue weighted by Crippen LogP contribution is 2.17. The van der Waals surface area contributed by atoms with E-state index < -0.39 is 0 Å². The summed E-state index contributed by atoms with van der Waals surface area (Å²) in [4.78, 5) is 7.11. The Hall–Kier alpha value is -1.13. The van der Waals surface area contributed by atoms with Crippen LogP contribution in [0.1, 0.15) is 32.9 Å². The minimum atomic E-state index is 0.341. The third-order valence-electron chi connectivity index (χ3n) is 3.57. The van der Waals surface area contributed by atoms with Gasteiger partial charge in [-0.1, -0.05) is 26.8 Å². The van der Waals surface area contributed by atoms with E-state index in [-0.39, 0.29) is 0 Å². The molecule has 1 saturated heterocycles. The Labute approximate surface area is 122 Å². The Bertz CT molecular complexity index is 408. The summed E-state index contributed by atoms with van der Waals surface area (Å²) in [6.45, 7) is 11.2. The van der Waals surface area contributed by atoms with Gasteiger partial charge in [0.15, 0.2) is 0 Å². The lowest BCUT2D eigenvalue weighted by molar-refractivity contribution is 0.0381. The summed E-state index contributed by atoms with van der Waals surface area (Å²) in [5, 5.41) is 3.45. The first kappa shape index (κ1) is 15.3. The van der Waals surface area contributed by atoms with Gasteiger partial charge >= 0.3 is 0 Å². The molecule has 1 unspecified atom stereocenters. The zero-order valence-electron chi connectivity index (χ0n) is 12.9. The third-order valence-corrected chi connectivity index (χ3v) is 3.57. The van der Waals surface area contributed by atoms with E-state index >= 15 is 0 Å². The van der Waals surface area contributed by atoms with Gasteiger partial charge in [0.2, 0.25) is 0 Å². The molecule has 0 spiro atoms. The number of nitrogens with one attached hydrogen (secondary N) is 1. The fraction of sp³-hybridized carbons (Fsp3) is 0.688. The van der Waals surface area contributed by atoms with E-state index in [0.29, 0.717) is 12.0 Å². The van der Waals surface area contributed by atoms with Gasteiger partial charge in [-0.25, -0.2) is 4.98 Å². The van der Waals surface area contributed by atoms with Crippen LogP contribution in [-0.2, 0) is 11.3 Å². The number of nitrogens with zero attached hydrogens (tertiary/aromatic N) is 2. The predicted octanol–water partition coefficient (Wildman–Crippen LogP) is 2.44. The van der Waals surface area contributed by atoms with Crippen molar-refractivity contribution in [1.29, 1.82) is 0 Å². The van der Waals surface area contributed by atoms with Crippen LogP contribution in [0.2, 0.25) is 0 Å². The van der Waals surface area contributed by atoms with Crippen LogP contribution < -0.4 is 10.2 Å². The van der Waals surface area contributed by atoms with Gasteiger partial charge in [-0.2, -0.15) is 0 Å². The van der Waals surface area contributed by atoms with Gasteiger partial charge in [0.1, 0.15) is 5.82 Å². The second-order valence-corrected chi connectivity index (χ2v) is 5.86. The molecule has 20 heavy (non-hydrogen) atoms. The van der Waals surface area contributed by atoms with Crippen LogP contribution in [0, 0.1) is 5.92 Å². The van der Waals surface area contributed by atoms with Crippen molar-refractivity contribution in [2.45, 2.75) is 39.8 Å². The van der Waals surface area contributed by atoms with E-state index in [4.69, 9.17) is 9.72 Å². The maximum atomic E-state index is 5.72. The lowest BCUT2D eigenvalue weighted by Crippen LogP contribution is -2.42. The van der Waals surface area contributed by atoms with E-state index in [1.54, 1.807) is 0 Å². The van der Waals surface area contributed by atoms with E-state index in [0.717, 1.165) is 50.7 Å². The molecule has 1 atom stereocenters. The Balaban J connectivity index is 1.94. The molecule has 0 saturated carbocycles. The average Bonchev–Trinajstić information content (AvgIpc) is 2.47. The summed E-state index contributed by atoms with van der Waals surface area (Å²) >= 11 is 0. The molecule has 0 radical (unpaired) electrons. The van der Waals surface area contributed by atoms with Crippen LogP contribution in [0.25, 0.3) is 0 Å². The third kappa shape index (κ3) is 4.46. The van der Waals surface area contributed by atoms with E-state index in [1.165, 1.54) is 0 Å². The van der Waals surface area contributed by atoms with E-state index in [1.807, 2.05) is 0 Å². The zero-order valence-corrected chi connectivity index (χ0v) is 12.9. The molecule has 1 N–H and O–H groups in total. The highest BCUT2D eigenvalue weighted by Gasteiger charge is 2.19. The number of pyridine rings is 1. The molecule has 1 aliphatic rings. The summed E-state index contributed by atoms with van der Waals surface area (Å²) in [5.74, 6) is 1.75. The van der Waals surface area contributed by atoms with Gasteiger partial charge < -0.3 is 15.0 Å². The van der Waals surface area contributed by atoms with Gasteiger partial charge in [-0.3, -0.25) is 0 Å². The van der Waals surface area contributed by atoms with Crippen LogP contribution >= 0.6 is 0 Å². The molecular formula is C16H27N3O. The fourth-order valence-electron chi connectivity index (χ4n) is 2.40. The fourth-order valence-corrected chi connectivity index (χ4v) is 2.40. The van der Waals surface area contributed by atoms with Crippen molar-refractivity contribution in [3.63, 3.8) is 0 Å². The average molecular weight is 277 g/mol. The molecule has 0 bridgehead atoms. The Morgan fingerprint density at radius 2 is 2.30 bits per heavy atom. The summed E-state index contributed by atoms with van der Waals surface area (Å²) in [6, 6.07) is 6.30. The molecule has 1 aromatic heterocycles. The van der Waals surface area contributed by atoms with Crippen LogP contribution in [-0.4, -0.2) is 37.3 Å². The van der Waals surface area contributed by atoms with Crippen LogP contribution in [0.15, 0.2) is 18.2 Å². The SMILES string of the molecule is CCC1CN(c2cccc(CNCC(C)C)n2)CCO1. The first-order chi connectivity index (χ1) is 9.69. The number of rotatable bonds is 6. The first-order valence-corrected chi connectivity index (χ1v) is 7.72. The van der Waals surface area contributed by atoms with Crippen molar-refractivity contribution < 1.29 is 4.74 Å². The second kappa shape index (κ2) is 7.60. The zero-order chi connectivity index (χ0) is 14.4. The number of aromatic nitrogens is 1. The molecule has 4 heteroatoms. The van der Waals surface area contributed by atoms with Gasteiger partial charge in [-0.05, 0) is 31.0 Å². The number of hydrogen-bond acceptors (Lipinski definition) is 4. The molecule has 0 aromatic carbocycles. The molecular weight excluding hydrogens is 250 g/mol. The molecule has 2 rings (SSSR count). The summed E-state index contributed by atoms with van der Waals surface area (Å²) in [6.07, 6.45) is 1.40. The minimum absolute atomic E-state index is 0.341. The molecule has 112 valence electrons. The van der Waals surface area contributed by atoms with Crippen molar-refractivity contribution in [2.24, 2.45) is 5.92 Å². The Kier molecular flexibility index (Phi) is 5.80. The molecule has 1 aromatic rings. The summed E-state index contributed by atoms with van der Waals surface area (Å²) in [7, 11) is 0. The van der Waals surface area contributed by atoms with Gasteiger partial charge in [0, 0.05) is 19.6 Å². The first-order valence-electron chi connectivity index (χ1n) is 7.72. The quantitative estimate of drug-likeness (QED) is 0.866. The molecule has 1 aliphatic heterocycles. The predicted molar refractivity (Wildman–Crippen MR) is 83.0 cm³/mol. The van der Waals surface area contributed by atoms with E-state index in [9.17, 15) is 0 Å². The molecule has 0 amide bonds. The van der Waals surface area contributed by atoms with Crippen molar-refractivity contribution in [3.05, 3.63) is 23.9 Å². The Morgan fingerprint density at radius 1 is 1.45 bits per heavy atom. The molecule has 2 heterocycles. The van der Waals surface area contributed by atoms with Gasteiger partial charge in [0.05, 0.1) is 18.4 Å². The standard InChI is InChI=1S/C16H27N3O/c1-4-15-12-19(8-9-20-15)16-7-5-6-14(18-16)11-17-10-13(2)3/h5-7,13,15,17H,4,8-12H2,1-3H3. The smallest absolute Gasteiger partial charge is 0.129 e. The number of hydrogen-bond donors (Lipinski definition) is 1. The lowest BCUT2D eigenvalue weighted by Gasteiger charge is -2.33. The van der Waals surface area contributed by atoms with Crippen molar-refractivity contribution in [3.8, 4) is 0 Å². The number of anilines is 1. The molecule has 1 fully saturated rings. The van der Waals surface area contributed by atoms with E-state index in [2.05, 4.69) is 49.2 Å². The lowest BCUT2D eigenvalue weighted by atomic mass is 10.2. The number of morpholine rings is 1. The van der Waals surface area contributed by atoms with Crippen LogP contribution in [0.5, 0.6) is 0 Å². The van der Waals surface area contributed by atoms with Crippen LogP contribution in [0.3, 0.4) is 0 Å². The maximum absolute atomic E-state index is 5.72. The topological polar surface area (TPSA) is 37.4 Å². The highest BCUT2D eigenvalue weighted by molar-refractivity contribution is 5.39. The molecule has 0 aliphatic carbocycles. The van der Waals surface area contributed by atoms with Gasteiger partial charge in [-0.15, -0.1) is 0 Å². The van der Waals surface area contributed by atoms with Crippen molar-refractivity contribution >= 4 is 5.82 Å². The highest BCUT2D eigenvalue weighted by atomic mass is 16.5. The van der Waals surface area contributed by atoms with Crippen molar-refractivity contribution in [2.75, 3.05) is 31.1 Å². The van der Waals surface area contributed by atoms with Crippen LogP contribution in [0.4, 0.5) is 5.82 Å². The monoisotopic (exact) mass is 277 g/mol. The largest absolute Gasteiger partial charge is 0.375 e. The minimum Gasteiger partial charge on any atom is -0.375 e. The summed E-state index contributed by atoms with van der Waals surface area (Å²) in [5.41, 5.74) is 1.11. The second-order valence-electron chi connectivity index (χ2n) is 5.86. The summed E-state index contributed by atoms with van der Waals surface area (Å²) < 4.78 is 5.72. The van der Waals surface area contributed by atoms with Gasteiger partial charge in [0.25, 0.3) is 0 Å². The number of ether oxygens (including phenoxy) is 1.